The largest absolute Gasteiger partial charge is 0.417 e. The standard InChI is InChI=1S/C25H22FN7O5/c1-12-14(3-5-19-21(12)32-25(37)38-19)11-29-23(35)17-9-18(33-20(31-17)6-7-30-33)24(36)28-10-13-2-4-15(22(27)34)16(26)8-13/h2-9,12,14H,10-11H2,1H3,(H2,27,34)(H,28,36)(H,29,35)(H,32,37). The zero-order valence-electron chi connectivity index (χ0n) is 20.0. The molecule has 4 aromatic rings. The number of oxazole rings is 1. The third kappa shape index (κ3) is 4.68. The van der Waals surface area contributed by atoms with Gasteiger partial charge in [-0.2, -0.15) is 5.10 Å². The zero-order valence-corrected chi connectivity index (χ0v) is 20.0. The van der Waals surface area contributed by atoms with Crippen molar-refractivity contribution in [3.63, 3.8) is 0 Å². The normalized spacial score (nSPS) is 16.3. The van der Waals surface area contributed by atoms with Crippen LogP contribution in [0.3, 0.4) is 0 Å². The first-order valence-electron chi connectivity index (χ1n) is 11.6. The first kappa shape index (κ1) is 24.6. The van der Waals surface area contributed by atoms with Crippen molar-refractivity contribution in [3.8, 4) is 0 Å². The van der Waals surface area contributed by atoms with E-state index >= 15 is 0 Å². The topological polar surface area (TPSA) is 177 Å². The van der Waals surface area contributed by atoms with Gasteiger partial charge in [0.2, 0.25) is 0 Å². The van der Waals surface area contributed by atoms with Gasteiger partial charge in [-0.25, -0.2) is 18.7 Å². The molecule has 0 bridgehead atoms. The van der Waals surface area contributed by atoms with Crippen molar-refractivity contribution >= 4 is 29.4 Å². The number of nitrogens with two attached hydrogens (primary N) is 1. The number of fused-ring (bicyclic) bond motifs is 2. The Morgan fingerprint density at radius 1 is 1.18 bits per heavy atom. The minimum Gasteiger partial charge on any atom is -0.408 e. The third-order valence-electron chi connectivity index (χ3n) is 6.37. The van der Waals surface area contributed by atoms with E-state index in [9.17, 15) is 23.6 Å². The molecular weight excluding hydrogens is 497 g/mol. The van der Waals surface area contributed by atoms with Crippen LogP contribution in [0.2, 0.25) is 0 Å². The van der Waals surface area contributed by atoms with Crippen molar-refractivity contribution in [2.45, 2.75) is 19.4 Å². The molecule has 0 saturated carbocycles. The molecule has 38 heavy (non-hydrogen) atoms. The molecule has 13 heteroatoms. The fraction of sp³-hybridized carbons (Fsp3) is 0.200. The van der Waals surface area contributed by atoms with Crippen LogP contribution >= 0.6 is 0 Å². The monoisotopic (exact) mass is 519 g/mol. The molecule has 0 fully saturated rings. The molecule has 1 aliphatic carbocycles. The van der Waals surface area contributed by atoms with Crippen LogP contribution in [0.1, 0.15) is 61.2 Å². The lowest BCUT2D eigenvalue weighted by Gasteiger charge is -2.23. The van der Waals surface area contributed by atoms with E-state index in [1.54, 1.807) is 12.1 Å². The van der Waals surface area contributed by atoms with Gasteiger partial charge >= 0.3 is 5.76 Å². The first-order valence-corrected chi connectivity index (χ1v) is 11.6. The number of aromatic nitrogens is 4. The number of carbonyl (C=O) groups is 3. The maximum absolute atomic E-state index is 14.1. The van der Waals surface area contributed by atoms with E-state index in [-0.39, 0.29) is 47.5 Å². The Bertz CT molecular complexity index is 1670. The Labute approximate surface area is 213 Å². The van der Waals surface area contributed by atoms with E-state index in [0.717, 1.165) is 6.07 Å². The third-order valence-corrected chi connectivity index (χ3v) is 6.37. The maximum Gasteiger partial charge on any atom is 0.417 e. The molecule has 0 radical (unpaired) electrons. The van der Waals surface area contributed by atoms with Gasteiger partial charge in [-0.05, 0) is 23.8 Å². The highest BCUT2D eigenvalue weighted by Gasteiger charge is 2.27. The first-order chi connectivity index (χ1) is 18.2. The van der Waals surface area contributed by atoms with Gasteiger partial charge in [-0.3, -0.25) is 19.4 Å². The molecule has 12 nitrogen and oxygen atoms in total. The van der Waals surface area contributed by atoms with Crippen LogP contribution in [-0.4, -0.2) is 43.8 Å². The number of nitrogens with one attached hydrogen (secondary N) is 3. The van der Waals surface area contributed by atoms with E-state index < -0.39 is 29.3 Å². The average Bonchev–Trinajstić information content (AvgIpc) is 3.52. The summed E-state index contributed by atoms with van der Waals surface area (Å²) in [5, 5.41) is 9.57. The second kappa shape index (κ2) is 9.76. The van der Waals surface area contributed by atoms with Crippen LogP contribution in [0.5, 0.6) is 0 Å². The molecule has 0 spiro atoms. The number of aromatic amines is 1. The average molecular weight is 519 g/mol. The molecule has 3 aromatic heterocycles. The van der Waals surface area contributed by atoms with Crippen LogP contribution in [0.25, 0.3) is 11.7 Å². The summed E-state index contributed by atoms with van der Waals surface area (Å²) in [5.74, 6) is -3.03. The SMILES string of the molecule is CC1c2[nH]c(=O)oc2C=CC1CNC(=O)c1cc(C(=O)NCc2ccc(C(N)=O)c(F)c2)n2nccc2n1. The summed E-state index contributed by atoms with van der Waals surface area (Å²) in [6, 6.07) is 6.69. The summed E-state index contributed by atoms with van der Waals surface area (Å²) in [7, 11) is 0. The maximum atomic E-state index is 14.1. The number of halogens is 1. The van der Waals surface area contributed by atoms with Gasteiger partial charge in [0.25, 0.3) is 17.7 Å². The fourth-order valence-electron chi connectivity index (χ4n) is 4.28. The van der Waals surface area contributed by atoms with E-state index in [2.05, 4.69) is 25.7 Å². The number of hydrogen-bond acceptors (Lipinski definition) is 7. The second-order valence-corrected chi connectivity index (χ2v) is 8.80. The summed E-state index contributed by atoms with van der Waals surface area (Å²) < 4.78 is 20.4. The Kier molecular flexibility index (Phi) is 6.33. The second-order valence-electron chi connectivity index (χ2n) is 8.80. The van der Waals surface area contributed by atoms with E-state index in [0.29, 0.717) is 17.0 Å². The van der Waals surface area contributed by atoms with Crippen LogP contribution in [0.4, 0.5) is 4.39 Å². The summed E-state index contributed by atoms with van der Waals surface area (Å²) >= 11 is 0. The fourth-order valence-corrected chi connectivity index (χ4v) is 4.28. The minimum atomic E-state index is -0.892. The molecule has 1 aliphatic rings. The quantitative estimate of drug-likeness (QED) is 0.285. The molecule has 3 amide bonds. The molecule has 194 valence electrons. The molecular formula is C25H22FN7O5. The number of nitrogens with zero attached hydrogens (tertiary/aromatic N) is 3. The predicted octanol–water partition coefficient (Wildman–Crippen LogP) is 1.36. The van der Waals surface area contributed by atoms with Crippen molar-refractivity contribution in [1.82, 2.24) is 30.2 Å². The van der Waals surface area contributed by atoms with Gasteiger partial charge in [-0.15, -0.1) is 0 Å². The number of primary amides is 1. The zero-order chi connectivity index (χ0) is 27.0. The van der Waals surface area contributed by atoms with Gasteiger partial charge in [0.1, 0.15) is 17.2 Å². The Balaban J connectivity index is 1.29. The molecule has 5 rings (SSSR count). The molecule has 3 heterocycles. The summed E-state index contributed by atoms with van der Waals surface area (Å²) in [6.45, 7) is 2.12. The van der Waals surface area contributed by atoms with E-state index in [1.807, 2.05) is 13.0 Å². The van der Waals surface area contributed by atoms with Crippen molar-refractivity contribution in [1.29, 1.82) is 0 Å². The smallest absolute Gasteiger partial charge is 0.408 e. The lowest BCUT2D eigenvalue weighted by atomic mass is 9.86. The molecule has 2 unspecified atom stereocenters. The predicted molar refractivity (Wildman–Crippen MR) is 132 cm³/mol. The number of amides is 3. The van der Waals surface area contributed by atoms with Crippen LogP contribution in [0, 0.1) is 11.7 Å². The van der Waals surface area contributed by atoms with E-state index in [1.165, 1.54) is 28.9 Å². The molecule has 0 saturated heterocycles. The number of hydrogen-bond donors (Lipinski definition) is 4. The van der Waals surface area contributed by atoms with Crippen molar-refractivity contribution in [2.75, 3.05) is 6.54 Å². The minimum absolute atomic E-state index is 0.00450. The lowest BCUT2D eigenvalue weighted by molar-refractivity contribution is 0.0939. The summed E-state index contributed by atoms with van der Waals surface area (Å²) in [6.07, 6.45) is 4.99. The molecule has 1 aromatic carbocycles. The van der Waals surface area contributed by atoms with Crippen LogP contribution in [0.15, 0.2) is 51.8 Å². The van der Waals surface area contributed by atoms with Crippen molar-refractivity contribution in [2.24, 2.45) is 11.7 Å². The highest BCUT2D eigenvalue weighted by molar-refractivity contribution is 5.98. The van der Waals surface area contributed by atoms with Crippen molar-refractivity contribution in [3.05, 3.63) is 92.9 Å². The molecule has 5 N–H and O–H groups in total. The van der Waals surface area contributed by atoms with E-state index in [4.69, 9.17) is 10.2 Å². The van der Waals surface area contributed by atoms with Crippen molar-refractivity contribution < 1.29 is 23.2 Å². The Morgan fingerprint density at radius 3 is 2.76 bits per heavy atom. The van der Waals surface area contributed by atoms with Crippen LogP contribution < -0.4 is 22.1 Å². The number of rotatable bonds is 7. The number of H-pyrrole nitrogens is 1. The van der Waals surface area contributed by atoms with Gasteiger partial charge < -0.3 is 20.8 Å². The van der Waals surface area contributed by atoms with Gasteiger partial charge in [-0.1, -0.05) is 19.1 Å². The van der Waals surface area contributed by atoms with Gasteiger partial charge in [0.05, 0.1) is 17.5 Å². The number of carbonyl (C=O) groups excluding carboxylic acids is 3. The number of benzene rings is 1. The Morgan fingerprint density at radius 2 is 2.00 bits per heavy atom. The molecule has 2 atom stereocenters. The Hall–Kier alpha value is -5.07. The summed E-state index contributed by atoms with van der Waals surface area (Å²) in [5.41, 5.74) is 6.27. The summed E-state index contributed by atoms with van der Waals surface area (Å²) in [4.78, 5) is 55.6. The molecule has 0 aliphatic heterocycles. The van der Waals surface area contributed by atoms with Gasteiger partial charge in [0, 0.05) is 37.1 Å². The van der Waals surface area contributed by atoms with Gasteiger partial charge in [0.15, 0.2) is 11.4 Å². The van der Waals surface area contributed by atoms with Crippen LogP contribution in [-0.2, 0) is 6.54 Å². The highest BCUT2D eigenvalue weighted by Crippen LogP contribution is 2.31. The lowest BCUT2D eigenvalue weighted by Crippen LogP contribution is -2.33. The highest BCUT2D eigenvalue weighted by atomic mass is 19.1.